The van der Waals surface area contributed by atoms with Gasteiger partial charge in [-0.2, -0.15) is 0 Å². The molecule has 0 spiro atoms. The van der Waals surface area contributed by atoms with Gasteiger partial charge in [-0.15, -0.1) is 0 Å². The van der Waals surface area contributed by atoms with Gasteiger partial charge in [-0.25, -0.2) is 0 Å². The Balaban J connectivity index is 1.79. The van der Waals surface area contributed by atoms with Gasteiger partial charge in [-0.1, -0.05) is 12.1 Å². The van der Waals surface area contributed by atoms with Crippen LogP contribution in [0.1, 0.15) is 11.1 Å². The fourth-order valence-corrected chi connectivity index (χ4v) is 2.30. The maximum Gasteiger partial charge on any atom is 0.137 e. The standard InChI is InChI=1S/C14H22N2O/c1-12-3-4-13(2)14(11-12)17-10-9-16-7-5-15-6-8-16/h3-4,11,15H,5-10H2,1-2H3/p+2. The van der Waals surface area contributed by atoms with Crippen LogP contribution < -0.4 is 15.0 Å². The molecular formula is C14H24N2O+2. The van der Waals surface area contributed by atoms with Crippen molar-refractivity contribution in [1.29, 1.82) is 0 Å². The molecule has 1 aliphatic heterocycles. The summed E-state index contributed by atoms with van der Waals surface area (Å²) in [5.41, 5.74) is 2.50. The number of nitrogens with two attached hydrogens (primary N) is 1. The normalized spacial score (nSPS) is 17.1. The van der Waals surface area contributed by atoms with E-state index in [0.717, 1.165) is 18.9 Å². The number of nitrogens with one attached hydrogen (secondary N) is 1. The summed E-state index contributed by atoms with van der Waals surface area (Å²) in [5, 5.41) is 2.40. The predicted octanol–water partition coefficient (Wildman–Crippen LogP) is -0.856. The Bertz CT molecular complexity index is 359. The lowest BCUT2D eigenvalue weighted by molar-refractivity contribution is -0.946. The van der Waals surface area contributed by atoms with Crippen LogP contribution in [0.4, 0.5) is 0 Å². The van der Waals surface area contributed by atoms with Gasteiger partial charge in [0.05, 0.1) is 0 Å². The summed E-state index contributed by atoms with van der Waals surface area (Å²) >= 11 is 0. The minimum atomic E-state index is 0.833. The SMILES string of the molecule is Cc1ccc(C)c(OCC[NH+]2CC[NH2+]CC2)c1. The molecule has 1 aromatic carbocycles. The van der Waals surface area contributed by atoms with Crippen LogP contribution in [0.2, 0.25) is 0 Å². The van der Waals surface area contributed by atoms with Crippen LogP contribution in [0.15, 0.2) is 18.2 Å². The fraction of sp³-hybridized carbons (Fsp3) is 0.571. The summed E-state index contributed by atoms with van der Waals surface area (Å²) < 4.78 is 5.89. The quantitative estimate of drug-likeness (QED) is 0.700. The molecule has 1 fully saturated rings. The summed E-state index contributed by atoms with van der Waals surface area (Å²) in [7, 11) is 0. The molecule has 0 bridgehead atoms. The Morgan fingerprint density at radius 3 is 2.76 bits per heavy atom. The van der Waals surface area contributed by atoms with E-state index in [2.05, 4.69) is 37.4 Å². The van der Waals surface area contributed by atoms with Gasteiger partial charge in [0.2, 0.25) is 0 Å². The number of benzene rings is 1. The van der Waals surface area contributed by atoms with Gasteiger partial charge >= 0.3 is 0 Å². The molecule has 0 atom stereocenters. The molecule has 0 aromatic heterocycles. The molecular weight excluding hydrogens is 212 g/mol. The Morgan fingerprint density at radius 1 is 1.24 bits per heavy atom. The van der Waals surface area contributed by atoms with Gasteiger partial charge in [0.25, 0.3) is 0 Å². The Hall–Kier alpha value is -1.06. The number of piperazine rings is 1. The van der Waals surface area contributed by atoms with Crippen molar-refractivity contribution in [2.24, 2.45) is 0 Å². The molecule has 2 rings (SSSR count). The Morgan fingerprint density at radius 2 is 2.00 bits per heavy atom. The van der Waals surface area contributed by atoms with Gasteiger partial charge in [-0.05, 0) is 31.0 Å². The first-order valence-corrected chi connectivity index (χ1v) is 6.61. The van der Waals surface area contributed by atoms with Crippen LogP contribution in [0.25, 0.3) is 0 Å². The molecule has 3 N–H and O–H groups in total. The maximum absolute atomic E-state index is 5.89. The first-order valence-electron chi connectivity index (χ1n) is 6.61. The number of hydrogen-bond donors (Lipinski definition) is 2. The van der Waals surface area contributed by atoms with Crippen molar-refractivity contribution in [2.75, 3.05) is 39.3 Å². The van der Waals surface area contributed by atoms with E-state index in [0.29, 0.717) is 0 Å². The highest BCUT2D eigenvalue weighted by molar-refractivity contribution is 5.35. The van der Waals surface area contributed by atoms with Crippen LogP contribution in [-0.2, 0) is 0 Å². The number of aryl methyl sites for hydroxylation is 2. The summed E-state index contributed by atoms with van der Waals surface area (Å²) in [4.78, 5) is 1.68. The van der Waals surface area contributed by atoms with E-state index in [1.165, 1.54) is 37.3 Å². The molecule has 1 aliphatic rings. The molecule has 0 radical (unpaired) electrons. The average Bonchev–Trinajstić information content (AvgIpc) is 2.35. The maximum atomic E-state index is 5.89. The average molecular weight is 236 g/mol. The largest absolute Gasteiger partial charge is 0.487 e. The van der Waals surface area contributed by atoms with Crippen molar-refractivity contribution in [3.05, 3.63) is 29.3 Å². The smallest absolute Gasteiger partial charge is 0.137 e. The van der Waals surface area contributed by atoms with Gasteiger partial charge in [0.15, 0.2) is 0 Å². The van der Waals surface area contributed by atoms with E-state index in [1.54, 1.807) is 4.90 Å². The van der Waals surface area contributed by atoms with E-state index < -0.39 is 0 Å². The van der Waals surface area contributed by atoms with Gasteiger partial charge in [0.1, 0.15) is 45.1 Å². The van der Waals surface area contributed by atoms with Crippen molar-refractivity contribution in [3.63, 3.8) is 0 Å². The van der Waals surface area contributed by atoms with Gasteiger partial charge in [-0.3, -0.25) is 0 Å². The first-order chi connectivity index (χ1) is 8.25. The molecule has 3 nitrogen and oxygen atoms in total. The number of quaternary nitrogens is 2. The highest BCUT2D eigenvalue weighted by atomic mass is 16.5. The van der Waals surface area contributed by atoms with E-state index in [9.17, 15) is 0 Å². The zero-order chi connectivity index (χ0) is 12.1. The third-order valence-electron chi connectivity index (χ3n) is 3.46. The zero-order valence-electron chi connectivity index (χ0n) is 11.0. The topological polar surface area (TPSA) is 30.3 Å². The van der Waals surface area contributed by atoms with Crippen molar-refractivity contribution >= 4 is 0 Å². The van der Waals surface area contributed by atoms with Crippen molar-refractivity contribution in [2.45, 2.75) is 13.8 Å². The summed E-state index contributed by atoms with van der Waals surface area (Å²) in [5.74, 6) is 1.05. The highest BCUT2D eigenvalue weighted by Crippen LogP contribution is 2.18. The van der Waals surface area contributed by atoms with E-state index in [1.807, 2.05) is 0 Å². The predicted molar refractivity (Wildman–Crippen MR) is 68.6 cm³/mol. The van der Waals surface area contributed by atoms with E-state index in [4.69, 9.17) is 4.74 Å². The lowest BCUT2D eigenvalue weighted by atomic mass is 10.1. The number of rotatable bonds is 4. The Kier molecular flexibility index (Phi) is 4.40. The monoisotopic (exact) mass is 236 g/mol. The molecule has 94 valence electrons. The summed E-state index contributed by atoms with van der Waals surface area (Å²) in [6.07, 6.45) is 0. The molecule has 1 saturated heterocycles. The van der Waals surface area contributed by atoms with Crippen molar-refractivity contribution < 1.29 is 15.0 Å². The lowest BCUT2D eigenvalue weighted by Crippen LogP contribution is -3.20. The van der Waals surface area contributed by atoms with Crippen molar-refractivity contribution in [1.82, 2.24) is 0 Å². The second-order valence-electron chi connectivity index (χ2n) is 4.98. The molecule has 0 aliphatic carbocycles. The summed E-state index contributed by atoms with van der Waals surface area (Å²) in [6, 6.07) is 6.40. The molecule has 0 unspecified atom stereocenters. The Labute approximate surface area is 104 Å². The lowest BCUT2D eigenvalue weighted by Gasteiger charge is -2.22. The minimum absolute atomic E-state index is 0.833. The fourth-order valence-electron chi connectivity index (χ4n) is 2.30. The van der Waals surface area contributed by atoms with Gasteiger partial charge < -0.3 is 15.0 Å². The third-order valence-corrected chi connectivity index (χ3v) is 3.46. The molecule has 3 heteroatoms. The number of ether oxygens (including phenoxy) is 1. The second kappa shape index (κ2) is 6.03. The minimum Gasteiger partial charge on any atom is -0.487 e. The van der Waals surface area contributed by atoms with Crippen LogP contribution in [-0.4, -0.2) is 39.3 Å². The van der Waals surface area contributed by atoms with Crippen LogP contribution in [0, 0.1) is 13.8 Å². The zero-order valence-corrected chi connectivity index (χ0v) is 11.0. The second-order valence-corrected chi connectivity index (χ2v) is 4.98. The molecule has 17 heavy (non-hydrogen) atoms. The molecule has 0 amide bonds. The third kappa shape index (κ3) is 3.72. The highest BCUT2D eigenvalue weighted by Gasteiger charge is 2.14. The van der Waals surface area contributed by atoms with Gasteiger partial charge in [0, 0.05) is 0 Å². The van der Waals surface area contributed by atoms with Crippen LogP contribution >= 0.6 is 0 Å². The van der Waals surface area contributed by atoms with Crippen LogP contribution in [0.5, 0.6) is 5.75 Å². The van der Waals surface area contributed by atoms with E-state index in [-0.39, 0.29) is 0 Å². The van der Waals surface area contributed by atoms with Crippen molar-refractivity contribution in [3.8, 4) is 5.75 Å². The summed E-state index contributed by atoms with van der Waals surface area (Å²) in [6.45, 7) is 11.3. The van der Waals surface area contributed by atoms with Crippen LogP contribution in [0.3, 0.4) is 0 Å². The van der Waals surface area contributed by atoms with E-state index >= 15 is 0 Å². The molecule has 0 saturated carbocycles. The molecule has 1 aromatic rings. The molecule has 1 heterocycles. The number of hydrogen-bond acceptors (Lipinski definition) is 1. The first kappa shape index (κ1) is 12.4.